The predicted octanol–water partition coefficient (Wildman–Crippen LogP) is 3.43. The van der Waals surface area contributed by atoms with Crippen molar-refractivity contribution in [2.24, 2.45) is 0 Å². The molecule has 1 aliphatic rings. The third-order valence-corrected chi connectivity index (χ3v) is 6.19. The lowest BCUT2D eigenvalue weighted by molar-refractivity contribution is 0.0786. The molecule has 28 heavy (non-hydrogen) atoms. The average molecular weight is 397 g/mol. The molecule has 0 unspecified atom stereocenters. The number of thiazole rings is 1. The molecule has 8 heteroatoms. The molecule has 0 fully saturated rings. The lowest BCUT2D eigenvalue weighted by Gasteiger charge is -2.16. The Kier molecular flexibility index (Phi) is 5.47. The normalized spacial score (nSPS) is 13.8. The fraction of sp³-hybridized carbons (Fsp3) is 0.450. The first-order valence-electron chi connectivity index (χ1n) is 9.75. The zero-order valence-electron chi connectivity index (χ0n) is 16.2. The van der Waals surface area contributed by atoms with Crippen LogP contribution in [-0.4, -0.2) is 43.0 Å². The first-order chi connectivity index (χ1) is 13.7. The largest absolute Gasteiger partial charge is 0.335 e. The molecule has 0 bridgehead atoms. The quantitative estimate of drug-likeness (QED) is 0.668. The van der Waals surface area contributed by atoms with E-state index in [1.807, 2.05) is 14.0 Å². The van der Waals surface area contributed by atoms with Crippen molar-refractivity contribution in [2.45, 2.75) is 52.0 Å². The van der Waals surface area contributed by atoms with E-state index in [0.29, 0.717) is 28.7 Å². The van der Waals surface area contributed by atoms with Crippen LogP contribution in [0.1, 0.15) is 58.5 Å². The summed E-state index contributed by atoms with van der Waals surface area (Å²) in [7, 11) is 1.83. The number of aromatic amines is 1. The second-order valence-corrected chi connectivity index (χ2v) is 8.07. The van der Waals surface area contributed by atoms with Crippen LogP contribution in [0.2, 0.25) is 0 Å². The Balaban J connectivity index is 1.56. The van der Waals surface area contributed by atoms with Crippen LogP contribution in [0.5, 0.6) is 0 Å². The van der Waals surface area contributed by atoms with Gasteiger partial charge in [0.25, 0.3) is 5.91 Å². The van der Waals surface area contributed by atoms with Crippen LogP contribution < -0.4 is 0 Å². The maximum absolute atomic E-state index is 13.1. The van der Waals surface area contributed by atoms with Crippen LogP contribution in [0.15, 0.2) is 18.5 Å². The second kappa shape index (κ2) is 8.18. The Bertz CT molecular complexity index is 964. The maximum Gasteiger partial charge on any atom is 0.265 e. The van der Waals surface area contributed by atoms with Crippen molar-refractivity contribution in [3.05, 3.63) is 46.0 Å². The summed E-state index contributed by atoms with van der Waals surface area (Å²) in [6.45, 7) is 2.51. The SMILES string of the molecule is CCc1nc(-c2ncccn2)sc1C(=O)N(C)Cc1n[nH]c2c1CCCCC2. The third kappa shape index (κ3) is 3.69. The van der Waals surface area contributed by atoms with Crippen molar-refractivity contribution in [1.82, 2.24) is 30.0 Å². The smallest absolute Gasteiger partial charge is 0.265 e. The van der Waals surface area contributed by atoms with Crippen molar-refractivity contribution >= 4 is 17.2 Å². The van der Waals surface area contributed by atoms with Crippen molar-refractivity contribution in [2.75, 3.05) is 7.05 Å². The molecule has 0 atom stereocenters. The van der Waals surface area contributed by atoms with Gasteiger partial charge in [0.2, 0.25) is 0 Å². The van der Waals surface area contributed by atoms with Crippen LogP contribution in [0.4, 0.5) is 0 Å². The average Bonchev–Trinajstić information content (AvgIpc) is 3.24. The number of aromatic nitrogens is 5. The molecule has 3 aromatic rings. The fourth-order valence-electron chi connectivity index (χ4n) is 3.59. The molecule has 4 rings (SSSR count). The molecule has 0 saturated heterocycles. The van der Waals surface area contributed by atoms with Gasteiger partial charge < -0.3 is 4.90 Å². The zero-order chi connectivity index (χ0) is 19.5. The van der Waals surface area contributed by atoms with E-state index in [-0.39, 0.29) is 5.91 Å². The number of hydrogen-bond acceptors (Lipinski definition) is 6. The van der Waals surface area contributed by atoms with Crippen LogP contribution in [0, 0.1) is 0 Å². The van der Waals surface area contributed by atoms with E-state index < -0.39 is 0 Å². The van der Waals surface area contributed by atoms with Crippen molar-refractivity contribution in [3.63, 3.8) is 0 Å². The molecule has 0 aromatic carbocycles. The standard InChI is InChI=1S/C20H24N6OS/c1-3-14-17(28-19(23-14)18-21-10-7-11-22-18)20(27)26(2)12-16-13-8-5-4-6-9-15(13)24-25-16/h7,10-11H,3-6,8-9,12H2,1-2H3,(H,24,25). The lowest BCUT2D eigenvalue weighted by Crippen LogP contribution is -2.27. The topological polar surface area (TPSA) is 87.7 Å². The first kappa shape index (κ1) is 18.7. The molecule has 3 aromatic heterocycles. The molecule has 1 N–H and O–H groups in total. The van der Waals surface area contributed by atoms with E-state index in [1.165, 1.54) is 41.9 Å². The molecule has 146 valence electrons. The summed E-state index contributed by atoms with van der Waals surface area (Å²) in [5.41, 5.74) is 4.33. The first-order valence-corrected chi connectivity index (χ1v) is 10.6. The summed E-state index contributed by atoms with van der Waals surface area (Å²) < 4.78 is 0. The molecule has 1 amide bonds. The van der Waals surface area contributed by atoms with E-state index in [1.54, 1.807) is 23.4 Å². The van der Waals surface area contributed by atoms with Crippen LogP contribution >= 0.6 is 11.3 Å². The molecule has 0 spiro atoms. The third-order valence-electron chi connectivity index (χ3n) is 5.11. The van der Waals surface area contributed by atoms with E-state index in [9.17, 15) is 4.79 Å². The maximum atomic E-state index is 13.1. The summed E-state index contributed by atoms with van der Waals surface area (Å²) in [6.07, 6.45) is 9.80. The van der Waals surface area contributed by atoms with Gasteiger partial charge in [-0.05, 0) is 43.7 Å². The number of aryl methyl sites for hydroxylation is 2. The van der Waals surface area contributed by atoms with E-state index in [0.717, 1.165) is 24.2 Å². The fourth-order valence-corrected chi connectivity index (χ4v) is 4.69. The monoisotopic (exact) mass is 396 g/mol. The molecule has 7 nitrogen and oxygen atoms in total. The predicted molar refractivity (Wildman–Crippen MR) is 108 cm³/mol. The summed E-state index contributed by atoms with van der Waals surface area (Å²) in [4.78, 5) is 28.7. The van der Waals surface area contributed by atoms with Gasteiger partial charge in [-0.15, -0.1) is 11.3 Å². The van der Waals surface area contributed by atoms with Gasteiger partial charge in [0.15, 0.2) is 10.8 Å². The lowest BCUT2D eigenvalue weighted by atomic mass is 10.1. The highest BCUT2D eigenvalue weighted by Crippen LogP contribution is 2.28. The molecular weight excluding hydrogens is 372 g/mol. The van der Waals surface area contributed by atoms with E-state index in [2.05, 4.69) is 25.1 Å². The Labute approximate surface area is 168 Å². The number of amides is 1. The number of rotatable bonds is 5. The van der Waals surface area contributed by atoms with Crippen LogP contribution in [0.25, 0.3) is 10.8 Å². The summed E-state index contributed by atoms with van der Waals surface area (Å²) >= 11 is 1.36. The van der Waals surface area contributed by atoms with Gasteiger partial charge in [-0.25, -0.2) is 15.0 Å². The highest BCUT2D eigenvalue weighted by atomic mass is 32.1. The molecular formula is C20H24N6OS. The van der Waals surface area contributed by atoms with Gasteiger partial charge in [0.05, 0.1) is 17.9 Å². The Hall–Kier alpha value is -2.61. The number of carbonyl (C=O) groups excluding carboxylic acids is 1. The van der Waals surface area contributed by atoms with Crippen molar-refractivity contribution < 1.29 is 4.79 Å². The zero-order valence-corrected chi connectivity index (χ0v) is 17.1. The minimum Gasteiger partial charge on any atom is -0.335 e. The molecule has 3 heterocycles. The highest BCUT2D eigenvalue weighted by molar-refractivity contribution is 7.17. The van der Waals surface area contributed by atoms with Gasteiger partial charge in [0, 0.05) is 25.1 Å². The number of nitrogens with zero attached hydrogens (tertiary/aromatic N) is 5. The Morgan fingerprint density at radius 2 is 1.96 bits per heavy atom. The number of hydrogen-bond donors (Lipinski definition) is 1. The highest BCUT2D eigenvalue weighted by Gasteiger charge is 2.24. The molecule has 0 radical (unpaired) electrons. The van der Waals surface area contributed by atoms with Crippen LogP contribution in [-0.2, 0) is 25.8 Å². The van der Waals surface area contributed by atoms with Gasteiger partial charge in [-0.3, -0.25) is 9.89 Å². The van der Waals surface area contributed by atoms with E-state index >= 15 is 0 Å². The van der Waals surface area contributed by atoms with Gasteiger partial charge in [-0.2, -0.15) is 5.10 Å². The Morgan fingerprint density at radius 3 is 2.75 bits per heavy atom. The molecule has 1 aliphatic carbocycles. The van der Waals surface area contributed by atoms with Gasteiger partial charge >= 0.3 is 0 Å². The van der Waals surface area contributed by atoms with Crippen LogP contribution in [0.3, 0.4) is 0 Å². The summed E-state index contributed by atoms with van der Waals surface area (Å²) in [5.74, 6) is 0.531. The van der Waals surface area contributed by atoms with E-state index in [4.69, 9.17) is 0 Å². The van der Waals surface area contributed by atoms with Gasteiger partial charge in [-0.1, -0.05) is 13.3 Å². The summed E-state index contributed by atoms with van der Waals surface area (Å²) in [6, 6.07) is 1.77. The number of fused-ring (bicyclic) bond motifs is 1. The Morgan fingerprint density at radius 1 is 1.18 bits per heavy atom. The van der Waals surface area contributed by atoms with Gasteiger partial charge in [0.1, 0.15) is 4.88 Å². The van der Waals surface area contributed by atoms with Crippen molar-refractivity contribution in [1.29, 1.82) is 0 Å². The summed E-state index contributed by atoms with van der Waals surface area (Å²) in [5, 5.41) is 8.37. The number of H-pyrrole nitrogens is 1. The number of nitrogens with one attached hydrogen (secondary N) is 1. The molecule has 0 aliphatic heterocycles. The second-order valence-electron chi connectivity index (χ2n) is 7.07. The number of carbonyl (C=O) groups is 1. The minimum absolute atomic E-state index is 0.0260. The van der Waals surface area contributed by atoms with Crippen molar-refractivity contribution in [3.8, 4) is 10.8 Å². The molecule has 0 saturated carbocycles. The minimum atomic E-state index is -0.0260.